The molecule has 3 N–H and O–H groups in total. The van der Waals surface area contributed by atoms with E-state index >= 15 is 0 Å². The Morgan fingerprint density at radius 2 is 2.08 bits per heavy atom. The molecule has 1 heterocycles. The highest BCUT2D eigenvalue weighted by atomic mass is 16.6. The maximum Gasteiger partial charge on any atom is 0.294 e. The number of benzene rings is 1. The van der Waals surface area contributed by atoms with E-state index in [0.29, 0.717) is 12.2 Å². The number of hydrogen-bond acceptors (Lipinski definition) is 5. The summed E-state index contributed by atoms with van der Waals surface area (Å²) < 4.78 is 1.32. The molecule has 1 amide bonds. The lowest BCUT2D eigenvalue weighted by Gasteiger charge is -2.33. The molecule has 0 saturated carbocycles. The lowest BCUT2D eigenvalue weighted by molar-refractivity contribution is -0.384. The van der Waals surface area contributed by atoms with Crippen molar-refractivity contribution >= 4 is 11.6 Å². The molecule has 24 heavy (non-hydrogen) atoms. The summed E-state index contributed by atoms with van der Waals surface area (Å²) in [6.45, 7) is 6.11. The monoisotopic (exact) mass is 331 g/mol. The zero-order valence-corrected chi connectivity index (χ0v) is 13.9. The highest BCUT2D eigenvalue weighted by molar-refractivity contribution is 5.92. The van der Waals surface area contributed by atoms with Crippen LogP contribution in [0.4, 0.5) is 5.69 Å². The fourth-order valence-corrected chi connectivity index (χ4v) is 2.15. The van der Waals surface area contributed by atoms with Crippen molar-refractivity contribution in [2.45, 2.75) is 26.3 Å². The molecule has 0 aliphatic rings. The Hall–Kier alpha value is -2.74. The zero-order chi connectivity index (χ0) is 17.9. The molecular formula is C16H21N5O3. The fraction of sp³-hybridized carbons (Fsp3) is 0.375. The van der Waals surface area contributed by atoms with Gasteiger partial charge in [-0.15, -0.1) is 0 Å². The summed E-state index contributed by atoms with van der Waals surface area (Å²) in [6.07, 6.45) is 1.52. The van der Waals surface area contributed by atoms with E-state index in [1.165, 1.54) is 23.0 Å². The average Bonchev–Trinajstić information content (AvgIpc) is 3.04. The summed E-state index contributed by atoms with van der Waals surface area (Å²) in [6, 6.07) is 7.73. The quantitative estimate of drug-likeness (QED) is 0.619. The molecule has 1 unspecified atom stereocenters. The van der Waals surface area contributed by atoms with Crippen LogP contribution in [0.15, 0.2) is 36.5 Å². The normalized spacial score (nSPS) is 13.5. The highest BCUT2D eigenvalue weighted by Crippen LogP contribution is 2.22. The fourth-order valence-electron chi connectivity index (χ4n) is 2.15. The van der Waals surface area contributed by atoms with E-state index in [1.807, 2.05) is 20.8 Å². The first-order chi connectivity index (χ1) is 11.3. The van der Waals surface area contributed by atoms with E-state index in [2.05, 4.69) is 10.4 Å². The van der Waals surface area contributed by atoms with Crippen molar-refractivity contribution in [3.63, 3.8) is 0 Å². The number of hydrogen-bond donors (Lipinski definition) is 2. The van der Waals surface area contributed by atoms with Crippen LogP contribution >= 0.6 is 0 Å². The number of nitrogens with one attached hydrogen (secondary N) is 1. The van der Waals surface area contributed by atoms with Crippen molar-refractivity contribution in [2.75, 3.05) is 6.54 Å². The van der Waals surface area contributed by atoms with Crippen LogP contribution < -0.4 is 11.1 Å². The van der Waals surface area contributed by atoms with Gasteiger partial charge < -0.3 is 11.1 Å². The van der Waals surface area contributed by atoms with Gasteiger partial charge >= 0.3 is 0 Å². The molecule has 8 nitrogen and oxygen atoms in total. The summed E-state index contributed by atoms with van der Waals surface area (Å²) in [5, 5.41) is 18.2. The van der Waals surface area contributed by atoms with Gasteiger partial charge in [-0.1, -0.05) is 26.0 Å². The molecule has 0 spiro atoms. The predicted octanol–water partition coefficient (Wildman–Crippen LogP) is 1.88. The van der Waals surface area contributed by atoms with Gasteiger partial charge in [0, 0.05) is 18.8 Å². The van der Waals surface area contributed by atoms with Crippen molar-refractivity contribution in [1.82, 2.24) is 15.1 Å². The molecule has 1 aromatic heterocycles. The summed E-state index contributed by atoms with van der Waals surface area (Å²) in [4.78, 5) is 23.0. The van der Waals surface area contributed by atoms with Gasteiger partial charge in [0.1, 0.15) is 5.69 Å². The molecule has 0 radical (unpaired) electrons. The van der Waals surface area contributed by atoms with Crippen LogP contribution in [0, 0.1) is 16.0 Å². The highest BCUT2D eigenvalue weighted by Gasteiger charge is 2.29. The third-order valence-corrected chi connectivity index (χ3v) is 4.24. The summed E-state index contributed by atoms with van der Waals surface area (Å²) in [5.41, 5.74) is 5.60. The Labute approximate surface area is 139 Å². The number of carbonyl (C=O) groups is 1. The number of nitrogens with two attached hydrogens (primary N) is 1. The second-order valence-electron chi connectivity index (χ2n) is 6.12. The molecule has 1 atom stereocenters. The molecule has 0 bridgehead atoms. The lowest BCUT2D eigenvalue weighted by Crippen LogP contribution is -2.55. The molecule has 1 aromatic carbocycles. The number of nitro benzene ring substituents is 1. The molecule has 0 aliphatic heterocycles. The van der Waals surface area contributed by atoms with Crippen LogP contribution in [0.5, 0.6) is 0 Å². The molecule has 2 rings (SSSR count). The van der Waals surface area contributed by atoms with Crippen LogP contribution in [0.25, 0.3) is 5.69 Å². The van der Waals surface area contributed by atoms with Crippen molar-refractivity contribution < 1.29 is 9.72 Å². The average molecular weight is 331 g/mol. The van der Waals surface area contributed by atoms with Crippen molar-refractivity contribution in [2.24, 2.45) is 11.7 Å². The standard InChI is InChI=1S/C16H21N5O3/c1-11(2)16(3,10-17)18-15(22)12-8-9-20(19-12)13-6-4-5-7-14(13)21(23)24/h4-9,11H,10,17H2,1-3H3,(H,18,22). The third kappa shape index (κ3) is 3.43. The zero-order valence-electron chi connectivity index (χ0n) is 13.9. The number of carbonyl (C=O) groups excluding carboxylic acids is 1. The Kier molecular flexibility index (Phi) is 4.99. The summed E-state index contributed by atoms with van der Waals surface area (Å²) >= 11 is 0. The minimum absolute atomic E-state index is 0.0819. The molecule has 0 aliphatic carbocycles. The number of rotatable bonds is 6. The van der Waals surface area contributed by atoms with Gasteiger partial charge in [-0.2, -0.15) is 5.10 Å². The van der Waals surface area contributed by atoms with E-state index in [1.54, 1.807) is 18.2 Å². The Bertz CT molecular complexity index is 756. The van der Waals surface area contributed by atoms with E-state index in [-0.39, 0.29) is 23.2 Å². The largest absolute Gasteiger partial charge is 0.344 e. The first kappa shape index (κ1) is 17.6. The number of nitrogens with zero attached hydrogens (tertiary/aromatic N) is 3. The molecular weight excluding hydrogens is 310 g/mol. The summed E-state index contributed by atoms with van der Waals surface area (Å²) in [5.74, 6) is -0.224. The topological polar surface area (TPSA) is 116 Å². The molecule has 2 aromatic rings. The van der Waals surface area contributed by atoms with E-state index in [9.17, 15) is 14.9 Å². The van der Waals surface area contributed by atoms with Crippen LogP contribution in [0.1, 0.15) is 31.3 Å². The maximum absolute atomic E-state index is 12.4. The van der Waals surface area contributed by atoms with Gasteiger partial charge in [-0.3, -0.25) is 14.9 Å². The molecule has 8 heteroatoms. The SMILES string of the molecule is CC(C)C(C)(CN)NC(=O)c1ccn(-c2ccccc2[N+](=O)[O-])n1. The lowest BCUT2D eigenvalue weighted by atomic mass is 9.88. The van der Waals surface area contributed by atoms with Crippen LogP contribution in [0.2, 0.25) is 0 Å². The van der Waals surface area contributed by atoms with Gasteiger partial charge in [0.2, 0.25) is 0 Å². The number of para-hydroxylation sites is 2. The third-order valence-electron chi connectivity index (χ3n) is 4.24. The minimum atomic E-state index is -0.556. The first-order valence-electron chi connectivity index (χ1n) is 7.60. The Balaban J connectivity index is 2.29. The van der Waals surface area contributed by atoms with Crippen LogP contribution in [-0.2, 0) is 0 Å². The van der Waals surface area contributed by atoms with E-state index in [0.717, 1.165) is 0 Å². The smallest absolute Gasteiger partial charge is 0.294 e. The number of nitro groups is 1. The maximum atomic E-state index is 12.4. The van der Waals surface area contributed by atoms with Crippen molar-refractivity contribution in [3.05, 3.63) is 52.3 Å². The van der Waals surface area contributed by atoms with E-state index in [4.69, 9.17) is 5.73 Å². The van der Waals surface area contributed by atoms with Gasteiger partial charge in [-0.25, -0.2) is 4.68 Å². The number of aromatic nitrogens is 2. The molecule has 0 saturated heterocycles. The van der Waals surface area contributed by atoms with Gasteiger partial charge in [0.05, 0.1) is 10.5 Å². The van der Waals surface area contributed by atoms with Gasteiger partial charge in [0.15, 0.2) is 5.69 Å². The minimum Gasteiger partial charge on any atom is -0.344 e. The van der Waals surface area contributed by atoms with E-state index < -0.39 is 10.5 Å². The first-order valence-corrected chi connectivity index (χ1v) is 7.60. The van der Waals surface area contributed by atoms with Gasteiger partial charge in [-0.05, 0) is 25.0 Å². The second-order valence-corrected chi connectivity index (χ2v) is 6.12. The Morgan fingerprint density at radius 1 is 1.42 bits per heavy atom. The summed E-state index contributed by atoms with van der Waals surface area (Å²) in [7, 11) is 0. The molecule has 0 fully saturated rings. The number of amides is 1. The van der Waals surface area contributed by atoms with Crippen LogP contribution in [0.3, 0.4) is 0 Å². The molecule has 128 valence electrons. The second kappa shape index (κ2) is 6.79. The van der Waals surface area contributed by atoms with Crippen molar-refractivity contribution in [3.8, 4) is 5.69 Å². The van der Waals surface area contributed by atoms with Gasteiger partial charge in [0.25, 0.3) is 11.6 Å². The van der Waals surface area contributed by atoms with Crippen molar-refractivity contribution in [1.29, 1.82) is 0 Å². The van der Waals surface area contributed by atoms with Crippen LogP contribution in [-0.4, -0.2) is 32.7 Å². The predicted molar refractivity (Wildman–Crippen MR) is 90.0 cm³/mol. The Morgan fingerprint density at radius 3 is 2.67 bits per heavy atom.